The molecule has 34 heavy (non-hydrogen) atoms. The standard InChI is InChI=1S/C29H34N2O3/c1-17-8-7-11-20-26(17)24-14-21-25(33-2)13-12-19(18-9-5-4-6-10-18)28(21)31(24)16-23-22(29(32)34-3)15-30-27(20)23/h12-18,26,30H,4-11H2,1-3H3/t17?,26-/m0/s1. The normalized spacial score (nSPS) is 22.4. The van der Waals surface area contributed by atoms with E-state index < -0.39 is 0 Å². The molecule has 0 saturated heterocycles. The zero-order valence-electron chi connectivity index (χ0n) is 20.4. The van der Waals surface area contributed by atoms with Gasteiger partial charge in [-0.25, -0.2) is 4.79 Å². The summed E-state index contributed by atoms with van der Waals surface area (Å²) in [7, 11) is 3.22. The molecule has 1 aromatic carbocycles. The fourth-order valence-corrected chi connectivity index (χ4v) is 6.93. The maximum Gasteiger partial charge on any atom is 0.340 e. The lowest BCUT2D eigenvalue weighted by molar-refractivity contribution is 0.0599. The summed E-state index contributed by atoms with van der Waals surface area (Å²) in [6.07, 6.45) is 13.9. The molecular formula is C29H34N2O3. The minimum Gasteiger partial charge on any atom is -0.496 e. The fourth-order valence-electron chi connectivity index (χ4n) is 6.93. The molecule has 2 aromatic heterocycles. The molecule has 178 valence electrons. The first-order valence-electron chi connectivity index (χ1n) is 12.8. The number of nitrogens with one attached hydrogen (secondary N) is 1. The highest BCUT2D eigenvalue weighted by Crippen LogP contribution is 2.47. The average molecular weight is 459 g/mol. The van der Waals surface area contributed by atoms with E-state index in [0.717, 1.165) is 22.7 Å². The van der Waals surface area contributed by atoms with Gasteiger partial charge in [-0.1, -0.05) is 32.3 Å². The summed E-state index contributed by atoms with van der Waals surface area (Å²) >= 11 is 0. The first kappa shape index (κ1) is 21.6. The van der Waals surface area contributed by atoms with Crippen LogP contribution >= 0.6 is 0 Å². The molecule has 0 bridgehead atoms. The zero-order chi connectivity index (χ0) is 23.4. The van der Waals surface area contributed by atoms with E-state index in [9.17, 15) is 4.79 Å². The number of esters is 1. The second-order valence-electron chi connectivity index (χ2n) is 10.4. The summed E-state index contributed by atoms with van der Waals surface area (Å²) < 4.78 is 13.4. The molecule has 2 saturated carbocycles. The van der Waals surface area contributed by atoms with Gasteiger partial charge in [-0.15, -0.1) is 0 Å². The van der Waals surface area contributed by atoms with Crippen LogP contribution in [0.2, 0.25) is 0 Å². The van der Waals surface area contributed by atoms with Gasteiger partial charge in [0.25, 0.3) is 0 Å². The molecule has 0 radical (unpaired) electrons. The topological polar surface area (TPSA) is 56.2 Å². The van der Waals surface area contributed by atoms with E-state index in [-0.39, 0.29) is 5.97 Å². The predicted molar refractivity (Wildman–Crippen MR) is 135 cm³/mol. The van der Waals surface area contributed by atoms with Crippen molar-refractivity contribution in [1.82, 2.24) is 9.55 Å². The smallest absolute Gasteiger partial charge is 0.340 e. The van der Waals surface area contributed by atoms with Crippen molar-refractivity contribution < 1.29 is 14.3 Å². The third-order valence-electron chi connectivity index (χ3n) is 8.56. The summed E-state index contributed by atoms with van der Waals surface area (Å²) in [4.78, 5) is 16.2. The Morgan fingerprint density at radius 3 is 2.68 bits per heavy atom. The Hall–Kier alpha value is -2.95. The number of aromatic nitrogens is 2. The van der Waals surface area contributed by atoms with Gasteiger partial charge in [-0.05, 0) is 67.2 Å². The Morgan fingerprint density at radius 2 is 1.91 bits per heavy atom. The number of nitrogens with zero attached hydrogens (tertiary/aromatic N) is 1. The number of carbonyl (C=O) groups is 1. The predicted octanol–water partition coefficient (Wildman–Crippen LogP) is 5.17. The molecule has 5 heteroatoms. The van der Waals surface area contributed by atoms with Crippen LogP contribution in [0, 0.1) is 5.92 Å². The maximum absolute atomic E-state index is 12.7. The van der Waals surface area contributed by atoms with Gasteiger partial charge in [0.05, 0.1) is 25.3 Å². The number of methoxy groups -OCH3 is 2. The Labute approximate surface area is 200 Å². The van der Waals surface area contributed by atoms with E-state index in [2.05, 4.69) is 40.9 Å². The van der Waals surface area contributed by atoms with E-state index in [1.807, 2.05) is 6.20 Å². The van der Waals surface area contributed by atoms with Crippen LogP contribution in [0.4, 0.5) is 0 Å². The van der Waals surface area contributed by atoms with Crippen LogP contribution in [-0.4, -0.2) is 29.7 Å². The molecule has 2 fully saturated rings. The van der Waals surface area contributed by atoms with Gasteiger partial charge in [-0.3, -0.25) is 0 Å². The van der Waals surface area contributed by atoms with Gasteiger partial charge in [0, 0.05) is 40.0 Å². The molecule has 1 aliphatic heterocycles. The van der Waals surface area contributed by atoms with Crippen LogP contribution < -0.4 is 15.3 Å². The van der Waals surface area contributed by atoms with Crippen molar-refractivity contribution in [3.8, 4) is 5.75 Å². The Morgan fingerprint density at radius 1 is 1.09 bits per heavy atom. The van der Waals surface area contributed by atoms with Crippen LogP contribution in [-0.2, 0) is 4.74 Å². The van der Waals surface area contributed by atoms with Gasteiger partial charge < -0.3 is 19.0 Å². The fraction of sp³-hybridized carbons (Fsp3) is 0.483. The Balaban J connectivity index is 1.72. The molecule has 0 amide bonds. The highest BCUT2D eigenvalue weighted by Gasteiger charge is 2.34. The summed E-state index contributed by atoms with van der Waals surface area (Å²) in [5.74, 6) is 2.04. The van der Waals surface area contributed by atoms with Crippen LogP contribution in [0.15, 0.2) is 24.4 Å². The monoisotopic (exact) mass is 458 g/mol. The van der Waals surface area contributed by atoms with Gasteiger partial charge in [0.2, 0.25) is 0 Å². The number of H-pyrrole nitrogens is 1. The average Bonchev–Trinajstić information content (AvgIpc) is 3.42. The quantitative estimate of drug-likeness (QED) is 0.551. The van der Waals surface area contributed by atoms with Crippen LogP contribution in [0.1, 0.15) is 91.7 Å². The molecule has 3 heterocycles. The number of carbonyl (C=O) groups excluding carboxylic acids is 1. The van der Waals surface area contributed by atoms with E-state index in [0.29, 0.717) is 23.3 Å². The van der Waals surface area contributed by atoms with Crippen LogP contribution in [0.5, 0.6) is 5.75 Å². The second kappa shape index (κ2) is 8.37. The maximum atomic E-state index is 12.7. The van der Waals surface area contributed by atoms with E-state index in [4.69, 9.17) is 9.47 Å². The molecule has 2 atom stereocenters. The lowest BCUT2D eigenvalue weighted by atomic mass is 9.75. The number of aromatic amines is 1. The molecule has 5 nitrogen and oxygen atoms in total. The lowest BCUT2D eigenvalue weighted by Gasteiger charge is -2.31. The largest absolute Gasteiger partial charge is 0.496 e. The molecule has 1 unspecified atom stereocenters. The number of fused-ring (bicyclic) bond motifs is 6. The number of rotatable bonds is 3. The molecule has 2 aliphatic carbocycles. The summed E-state index contributed by atoms with van der Waals surface area (Å²) in [6, 6.07) is 6.81. The van der Waals surface area contributed by atoms with Crippen molar-refractivity contribution in [2.75, 3.05) is 14.2 Å². The summed E-state index contributed by atoms with van der Waals surface area (Å²) in [5, 5.41) is 3.25. The second-order valence-corrected chi connectivity index (χ2v) is 10.4. The van der Waals surface area contributed by atoms with Gasteiger partial charge in [0.1, 0.15) is 5.75 Å². The molecule has 3 aromatic rings. The first-order chi connectivity index (χ1) is 16.6. The Kier molecular flexibility index (Phi) is 5.31. The van der Waals surface area contributed by atoms with Gasteiger partial charge >= 0.3 is 5.97 Å². The van der Waals surface area contributed by atoms with E-state index in [1.54, 1.807) is 7.11 Å². The van der Waals surface area contributed by atoms with Crippen molar-refractivity contribution in [2.45, 2.75) is 70.1 Å². The SMILES string of the molecule is COC(=O)c1c[nH]c2c1=Cn1c(cc3c(OC)ccc(C4CCCCC4)c31)[C@@H]1C=2CCCC1C. The third kappa shape index (κ3) is 3.16. The molecule has 3 aliphatic rings. The summed E-state index contributed by atoms with van der Waals surface area (Å²) in [6.45, 7) is 2.38. The van der Waals surface area contributed by atoms with E-state index >= 15 is 0 Å². The van der Waals surface area contributed by atoms with Crippen molar-refractivity contribution in [1.29, 1.82) is 0 Å². The number of hydrogen-bond donors (Lipinski definition) is 1. The highest BCUT2D eigenvalue weighted by molar-refractivity contribution is 5.94. The van der Waals surface area contributed by atoms with Crippen molar-refractivity contribution in [3.63, 3.8) is 0 Å². The number of ether oxygens (including phenoxy) is 2. The van der Waals surface area contributed by atoms with Gasteiger partial charge in [0.15, 0.2) is 0 Å². The third-order valence-corrected chi connectivity index (χ3v) is 8.56. The number of benzene rings is 1. The molecular weight excluding hydrogens is 424 g/mol. The molecule has 6 rings (SSSR count). The molecule has 1 N–H and O–H groups in total. The first-order valence-corrected chi connectivity index (χ1v) is 12.8. The van der Waals surface area contributed by atoms with Crippen molar-refractivity contribution >= 4 is 28.6 Å². The lowest BCUT2D eigenvalue weighted by Crippen LogP contribution is -2.32. The minimum absolute atomic E-state index is 0.292. The van der Waals surface area contributed by atoms with Crippen molar-refractivity contribution in [3.05, 3.63) is 51.8 Å². The summed E-state index contributed by atoms with van der Waals surface area (Å²) in [5.41, 5.74) is 6.02. The number of hydrogen-bond acceptors (Lipinski definition) is 3. The Bertz CT molecular complexity index is 1390. The van der Waals surface area contributed by atoms with Crippen LogP contribution in [0.25, 0.3) is 22.7 Å². The molecule has 0 spiro atoms. The highest BCUT2D eigenvalue weighted by atomic mass is 16.5. The van der Waals surface area contributed by atoms with Crippen LogP contribution in [0.3, 0.4) is 0 Å². The zero-order valence-corrected chi connectivity index (χ0v) is 20.4. The van der Waals surface area contributed by atoms with E-state index in [1.165, 1.54) is 79.8 Å². The van der Waals surface area contributed by atoms with Gasteiger partial charge in [-0.2, -0.15) is 0 Å². The minimum atomic E-state index is -0.292. The van der Waals surface area contributed by atoms with Crippen molar-refractivity contribution in [2.24, 2.45) is 5.92 Å².